The molecule has 0 unspecified atom stereocenters. The van der Waals surface area contributed by atoms with E-state index >= 15 is 0 Å². The van der Waals surface area contributed by atoms with Crippen LogP contribution in [-0.2, 0) is 14.3 Å². The first kappa shape index (κ1) is 30.6. The number of rotatable bonds is 5. The van der Waals surface area contributed by atoms with Crippen molar-refractivity contribution in [3.05, 3.63) is 66.0 Å². The van der Waals surface area contributed by atoms with Gasteiger partial charge < -0.3 is 24.4 Å². The minimum Gasteiger partial charge on any atom is -0.457 e. The molecule has 5 atom stereocenters. The third kappa shape index (κ3) is 9.32. The lowest BCUT2D eigenvalue weighted by Crippen LogP contribution is -2.50. The van der Waals surface area contributed by atoms with Gasteiger partial charge in [0.25, 0.3) is 0 Å². The Kier molecular flexibility index (Phi) is 11.3. The number of nitrogens with zero attached hydrogens (tertiary/aromatic N) is 3. The zero-order chi connectivity index (χ0) is 28.4. The van der Waals surface area contributed by atoms with E-state index in [0.717, 1.165) is 24.4 Å². The highest BCUT2D eigenvalue weighted by atomic mass is 16.6. The molecule has 0 aromatic carbocycles. The lowest BCUT2D eigenvalue weighted by Gasteiger charge is -2.36. The molecule has 8 heteroatoms. The van der Waals surface area contributed by atoms with Crippen molar-refractivity contribution in [1.29, 1.82) is 0 Å². The van der Waals surface area contributed by atoms with E-state index in [0.29, 0.717) is 32.4 Å². The summed E-state index contributed by atoms with van der Waals surface area (Å²) in [6, 6.07) is 5.86. The number of likely N-dealkylation sites (N-methyl/N-ethyl adjacent to an activating group) is 1. The number of carbonyl (C=O) groups excluding carboxylic acids is 2. The fourth-order valence-electron chi connectivity index (χ4n) is 4.85. The minimum absolute atomic E-state index is 0.143. The smallest absolute Gasteiger partial charge is 0.410 e. The first-order valence-electron chi connectivity index (χ1n) is 14.1. The van der Waals surface area contributed by atoms with Crippen LogP contribution in [0.2, 0.25) is 0 Å². The van der Waals surface area contributed by atoms with Crippen molar-refractivity contribution < 1.29 is 24.2 Å². The Labute approximate surface area is 233 Å². The van der Waals surface area contributed by atoms with E-state index in [9.17, 15) is 14.7 Å². The van der Waals surface area contributed by atoms with E-state index in [4.69, 9.17) is 9.47 Å². The molecule has 0 radical (unpaired) electrons. The number of esters is 1. The van der Waals surface area contributed by atoms with E-state index in [1.165, 1.54) is 0 Å². The summed E-state index contributed by atoms with van der Waals surface area (Å²) in [5.41, 5.74) is 0.629. The van der Waals surface area contributed by atoms with Crippen molar-refractivity contribution >= 4 is 12.1 Å². The summed E-state index contributed by atoms with van der Waals surface area (Å²) in [5.74, 6) is -0.312. The quantitative estimate of drug-likeness (QED) is 0.324. The van der Waals surface area contributed by atoms with Gasteiger partial charge in [0.15, 0.2) is 6.10 Å². The summed E-state index contributed by atoms with van der Waals surface area (Å²) in [6.45, 7) is 10.5. The molecule has 1 saturated heterocycles. The van der Waals surface area contributed by atoms with Gasteiger partial charge in [-0.05, 0) is 63.9 Å². The Morgan fingerprint density at radius 2 is 1.97 bits per heavy atom. The van der Waals surface area contributed by atoms with Crippen LogP contribution in [0.15, 0.2) is 60.3 Å². The maximum Gasteiger partial charge on any atom is 0.410 e. The molecule has 0 bridgehead atoms. The third-order valence-corrected chi connectivity index (χ3v) is 7.60. The number of carbonyl (C=O) groups is 2. The van der Waals surface area contributed by atoms with Crippen LogP contribution < -0.4 is 0 Å². The Bertz CT molecular complexity index is 1030. The van der Waals surface area contributed by atoms with Crippen molar-refractivity contribution in [2.24, 2.45) is 5.92 Å². The van der Waals surface area contributed by atoms with Crippen LogP contribution in [0.25, 0.3) is 0 Å². The molecule has 39 heavy (non-hydrogen) atoms. The van der Waals surface area contributed by atoms with Crippen molar-refractivity contribution in [3.63, 3.8) is 0 Å². The Morgan fingerprint density at radius 1 is 1.23 bits per heavy atom. The molecule has 2 aliphatic rings. The number of pyridine rings is 1. The second kappa shape index (κ2) is 14.4. The molecule has 8 nitrogen and oxygen atoms in total. The van der Waals surface area contributed by atoms with E-state index in [-0.39, 0.29) is 24.2 Å². The number of aromatic nitrogens is 1. The highest BCUT2D eigenvalue weighted by Crippen LogP contribution is 2.27. The van der Waals surface area contributed by atoms with Gasteiger partial charge in [-0.3, -0.25) is 9.78 Å². The van der Waals surface area contributed by atoms with Gasteiger partial charge in [-0.2, -0.15) is 0 Å². The molecular weight excluding hydrogens is 494 g/mol. The average Bonchev–Trinajstić information content (AvgIpc) is 2.91. The van der Waals surface area contributed by atoms with Crippen LogP contribution in [0.3, 0.4) is 0 Å². The monoisotopic (exact) mass is 539 g/mol. The Balaban J connectivity index is 1.77. The summed E-state index contributed by atoms with van der Waals surface area (Å²) >= 11 is 0. The van der Waals surface area contributed by atoms with Crippen molar-refractivity contribution in [1.82, 2.24) is 14.8 Å². The Morgan fingerprint density at radius 3 is 2.67 bits per heavy atom. The molecule has 0 aliphatic carbocycles. The molecule has 1 amide bonds. The van der Waals surface area contributed by atoms with Gasteiger partial charge in [0.2, 0.25) is 0 Å². The SMILES string of the molecule is C/C(=C\C=C\[C@H](C)c1ccccn1)[C@H]1OC(=O)CCCC[C@](C)(O)[C@@H](OC(=O)N2CCN(C)CC2)/C=C\[C@@H]1C. The van der Waals surface area contributed by atoms with E-state index in [1.54, 1.807) is 24.1 Å². The van der Waals surface area contributed by atoms with Crippen LogP contribution in [-0.4, -0.2) is 83.0 Å². The number of amides is 1. The largest absolute Gasteiger partial charge is 0.457 e. The van der Waals surface area contributed by atoms with Crippen molar-refractivity contribution in [2.45, 2.75) is 77.1 Å². The predicted molar refractivity (Wildman–Crippen MR) is 152 cm³/mol. The molecule has 2 aliphatic heterocycles. The molecule has 0 saturated carbocycles. The molecule has 1 aromatic heterocycles. The van der Waals surface area contributed by atoms with Gasteiger partial charge >= 0.3 is 12.1 Å². The average molecular weight is 540 g/mol. The van der Waals surface area contributed by atoms with E-state index in [2.05, 4.69) is 22.9 Å². The maximum atomic E-state index is 13.0. The summed E-state index contributed by atoms with van der Waals surface area (Å²) in [7, 11) is 2.03. The van der Waals surface area contributed by atoms with Crippen LogP contribution in [0.1, 0.15) is 65.0 Å². The topological polar surface area (TPSA) is 92.2 Å². The number of cyclic esters (lactones) is 1. The minimum atomic E-state index is -1.26. The third-order valence-electron chi connectivity index (χ3n) is 7.60. The van der Waals surface area contributed by atoms with Crippen molar-refractivity contribution in [3.8, 4) is 0 Å². The summed E-state index contributed by atoms with van der Waals surface area (Å²) in [5, 5.41) is 11.3. The molecule has 1 aromatic rings. The summed E-state index contributed by atoms with van der Waals surface area (Å²) in [4.78, 5) is 33.9. The van der Waals surface area contributed by atoms with Gasteiger partial charge in [0.05, 0.1) is 0 Å². The van der Waals surface area contributed by atoms with Crippen LogP contribution >= 0.6 is 0 Å². The highest BCUT2D eigenvalue weighted by Gasteiger charge is 2.35. The zero-order valence-corrected chi connectivity index (χ0v) is 24.1. The molecule has 0 spiro atoms. The summed E-state index contributed by atoms with van der Waals surface area (Å²) < 4.78 is 11.8. The van der Waals surface area contributed by atoms with E-state index in [1.807, 2.05) is 57.3 Å². The second-order valence-electron chi connectivity index (χ2n) is 11.2. The van der Waals surface area contributed by atoms with Crippen LogP contribution in [0.5, 0.6) is 0 Å². The highest BCUT2D eigenvalue weighted by molar-refractivity contribution is 5.70. The first-order chi connectivity index (χ1) is 18.6. The van der Waals surface area contributed by atoms with Gasteiger partial charge in [-0.15, -0.1) is 0 Å². The molecular formula is C31H45N3O5. The van der Waals surface area contributed by atoms with Gasteiger partial charge in [0, 0.05) is 56.3 Å². The lowest BCUT2D eigenvalue weighted by atomic mass is 9.89. The number of aliphatic hydroxyl groups is 1. The van der Waals surface area contributed by atoms with Gasteiger partial charge in [-0.1, -0.05) is 44.2 Å². The fraction of sp³-hybridized carbons (Fsp3) is 0.581. The molecule has 214 valence electrons. The number of hydrogen-bond acceptors (Lipinski definition) is 7. The number of piperazine rings is 1. The summed E-state index contributed by atoms with van der Waals surface area (Å²) in [6.07, 6.45) is 11.6. The normalized spacial score (nSPS) is 29.7. The molecule has 3 heterocycles. The number of allylic oxidation sites excluding steroid dienone is 3. The van der Waals surface area contributed by atoms with Crippen molar-refractivity contribution in [2.75, 3.05) is 33.2 Å². The second-order valence-corrected chi connectivity index (χ2v) is 11.2. The fourth-order valence-corrected chi connectivity index (χ4v) is 4.85. The molecule has 1 N–H and O–H groups in total. The predicted octanol–water partition coefficient (Wildman–Crippen LogP) is 4.87. The lowest BCUT2D eigenvalue weighted by molar-refractivity contribution is -0.149. The zero-order valence-electron chi connectivity index (χ0n) is 24.1. The van der Waals surface area contributed by atoms with Gasteiger partial charge in [0.1, 0.15) is 11.7 Å². The Hall–Kier alpha value is -2.97. The van der Waals surface area contributed by atoms with E-state index < -0.39 is 23.9 Å². The van der Waals surface area contributed by atoms with Gasteiger partial charge in [-0.25, -0.2) is 4.79 Å². The standard InChI is InChI=1S/C31H45N3O5/c1-23(26-13-7-9-18-32-26)11-10-12-24(2)29-25(3)15-16-27(31(4,37)17-8-6-14-28(35)39-29)38-30(36)34-21-19-33(5)20-22-34/h7,9-13,15-16,18,23,25,27,29,37H,6,8,14,17,19-22H2,1-5H3/b11-10+,16-15-,24-12+/t23-,25-,27-,29+,31-/m0/s1. The first-order valence-corrected chi connectivity index (χ1v) is 14.1. The van der Waals surface area contributed by atoms with Crippen LogP contribution in [0, 0.1) is 5.92 Å². The molecule has 3 rings (SSSR count). The van der Waals surface area contributed by atoms with Crippen LogP contribution in [0.4, 0.5) is 4.79 Å². The number of ether oxygens (including phenoxy) is 2. The number of hydrogen-bond donors (Lipinski definition) is 1. The molecule has 1 fully saturated rings. The maximum absolute atomic E-state index is 13.0.